The van der Waals surface area contributed by atoms with Gasteiger partial charge < -0.3 is 9.15 Å². The van der Waals surface area contributed by atoms with Crippen molar-refractivity contribution in [3.63, 3.8) is 0 Å². The zero-order valence-corrected chi connectivity index (χ0v) is 13.3. The average Bonchev–Trinajstić information content (AvgIpc) is 3.17. The summed E-state index contributed by atoms with van der Waals surface area (Å²) in [5, 5.41) is 7.91. The minimum atomic E-state index is -2.80. The van der Waals surface area contributed by atoms with Crippen molar-refractivity contribution in [2.75, 3.05) is 0 Å². The highest BCUT2D eigenvalue weighted by atomic mass is 19.3. The van der Waals surface area contributed by atoms with Gasteiger partial charge in [-0.25, -0.2) is 0 Å². The van der Waals surface area contributed by atoms with Gasteiger partial charge in [-0.3, -0.25) is 9.97 Å². The molecule has 0 spiro atoms. The number of hydrogen-bond acceptors (Lipinski definition) is 6. The van der Waals surface area contributed by atoms with E-state index in [4.69, 9.17) is 9.15 Å². The molecular weight excluding hydrogens is 342 g/mol. The number of pyridine rings is 2. The number of fused-ring (bicyclic) bond motifs is 1. The molecule has 0 saturated heterocycles. The van der Waals surface area contributed by atoms with Gasteiger partial charge in [0.05, 0.1) is 16.8 Å². The largest absolute Gasteiger partial charge is 0.487 e. The normalized spacial score (nSPS) is 11.2. The fourth-order valence-electron chi connectivity index (χ4n) is 2.37. The van der Waals surface area contributed by atoms with Crippen molar-refractivity contribution >= 4 is 10.9 Å². The first-order valence-electron chi connectivity index (χ1n) is 7.73. The quantitative estimate of drug-likeness (QED) is 0.535. The smallest absolute Gasteiger partial charge is 0.314 e. The number of hydrogen-bond donors (Lipinski definition) is 0. The van der Waals surface area contributed by atoms with E-state index < -0.39 is 12.3 Å². The van der Waals surface area contributed by atoms with Crippen molar-refractivity contribution in [2.45, 2.75) is 13.0 Å². The molecule has 0 fully saturated rings. The maximum atomic E-state index is 12.5. The average molecular weight is 354 g/mol. The molecule has 6 nitrogen and oxygen atoms in total. The maximum absolute atomic E-state index is 12.5. The fraction of sp³-hybridized carbons (Fsp3) is 0.111. The molecule has 0 amide bonds. The van der Waals surface area contributed by atoms with Gasteiger partial charge >= 0.3 is 6.43 Å². The molecule has 0 N–H and O–H groups in total. The van der Waals surface area contributed by atoms with Crippen LogP contribution < -0.4 is 4.74 Å². The van der Waals surface area contributed by atoms with E-state index in [1.165, 1.54) is 6.20 Å². The molecule has 0 atom stereocenters. The van der Waals surface area contributed by atoms with Crippen LogP contribution >= 0.6 is 0 Å². The van der Waals surface area contributed by atoms with Crippen molar-refractivity contribution in [2.24, 2.45) is 0 Å². The van der Waals surface area contributed by atoms with Crippen LogP contribution in [-0.4, -0.2) is 20.2 Å². The van der Waals surface area contributed by atoms with Crippen molar-refractivity contribution in [1.29, 1.82) is 0 Å². The molecular formula is C18H12F2N4O2. The molecule has 0 saturated carbocycles. The highest BCUT2D eigenvalue weighted by Crippen LogP contribution is 2.23. The van der Waals surface area contributed by atoms with Gasteiger partial charge in [0.2, 0.25) is 5.89 Å². The number of nitrogens with zero attached hydrogens (tertiary/aromatic N) is 4. The molecule has 0 bridgehead atoms. The van der Waals surface area contributed by atoms with E-state index in [9.17, 15) is 8.78 Å². The highest BCUT2D eigenvalue weighted by molar-refractivity contribution is 5.79. The van der Waals surface area contributed by atoms with Crippen LogP contribution in [0.5, 0.6) is 5.75 Å². The molecule has 4 aromatic rings. The number of benzene rings is 1. The summed E-state index contributed by atoms with van der Waals surface area (Å²) in [6, 6.07) is 12.9. The van der Waals surface area contributed by atoms with Crippen LogP contribution in [0.3, 0.4) is 0 Å². The molecule has 0 unspecified atom stereocenters. The van der Waals surface area contributed by atoms with Crippen LogP contribution in [0.4, 0.5) is 8.78 Å². The molecule has 0 radical (unpaired) electrons. The monoisotopic (exact) mass is 354 g/mol. The van der Waals surface area contributed by atoms with Crippen molar-refractivity contribution in [3.8, 4) is 17.2 Å². The van der Waals surface area contributed by atoms with Crippen LogP contribution in [0.1, 0.15) is 18.0 Å². The van der Waals surface area contributed by atoms with E-state index in [2.05, 4.69) is 20.2 Å². The molecule has 130 valence electrons. The van der Waals surface area contributed by atoms with Crippen LogP contribution in [0, 0.1) is 0 Å². The van der Waals surface area contributed by atoms with Crippen LogP contribution in [-0.2, 0) is 6.61 Å². The second-order valence-corrected chi connectivity index (χ2v) is 5.43. The third-order valence-electron chi connectivity index (χ3n) is 3.66. The first-order chi connectivity index (χ1) is 12.7. The summed E-state index contributed by atoms with van der Waals surface area (Å²) in [7, 11) is 0. The summed E-state index contributed by atoms with van der Waals surface area (Å²) in [6.45, 7) is 0.255. The molecule has 1 aromatic carbocycles. The van der Waals surface area contributed by atoms with Gasteiger partial charge in [-0.15, -0.1) is 10.2 Å². The minimum Gasteiger partial charge on any atom is -0.487 e. The fourth-order valence-corrected chi connectivity index (χ4v) is 2.37. The number of ether oxygens (including phenoxy) is 1. The molecule has 0 aliphatic carbocycles. The zero-order valence-electron chi connectivity index (χ0n) is 13.3. The standard InChI is InChI=1S/C18H12F2N4O2/c19-16(20)18-24-23-17(26-18)12-3-5-13(22-9-12)10-25-14-6-4-11-2-1-7-21-15(11)8-14/h1-9,16H,10H2. The zero-order chi connectivity index (χ0) is 17.9. The van der Waals surface area contributed by atoms with Gasteiger partial charge in [0.25, 0.3) is 5.89 Å². The van der Waals surface area contributed by atoms with Crippen LogP contribution in [0.15, 0.2) is 59.3 Å². The van der Waals surface area contributed by atoms with E-state index in [1.807, 2.05) is 30.3 Å². The number of aromatic nitrogens is 4. The number of rotatable bonds is 5. The first-order valence-corrected chi connectivity index (χ1v) is 7.73. The van der Waals surface area contributed by atoms with Crippen molar-refractivity contribution in [1.82, 2.24) is 20.2 Å². The van der Waals surface area contributed by atoms with E-state index in [-0.39, 0.29) is 12.5 Å². The van der Waals surface area contributed by atoms with Crippen molar-refractivity contribution < 1.29 is 17.9 Å². The van der Waals surface area contributed by atoms with Gasteiger partial charge in [-0.05, 0) is 30.3 Å². The molecule has 3 heterocycles. The summed E-state index contributed by atoms with van der Waals surface area (Å²) >= 11 is 0. The molecule has 0 aliphatic rings. The number of halogens is 2. The second kappa shape index (κ2) is 6.83. The molecule has 26 heavy (non-hydrogen) atoms. The predicted molar refractivity (Wildman–Crippen MR) is 88.6 cm³/mol. The Labute approximate surface area is 146 Å². The first kappa shape index (κ1) is 16.1. The Morgan fingerprint density at radius 2 is 1.96 bits per heavy atom. The minimum absolute atomic E-state index is 0.000807. The molecule has 0 aliphatic heterocycles. The number of alkyl halides is 2. The van der Waals surface area contributed by atoms with Crippen LogP contribution in [0.25, 0.3) is 22.4 Å². The predicted octanol–water partition coefficient (Wildman–Crippen LogP) is 4.20. The second-order valence-electron chi connectivity index (χ2n) is 5.43. The molecule has 8 heteroatoms. The third kappa shape index (κ3) is 3.34. The van der Waals surface area contributed by atoms with Gasteiger partial charge in [0, 0.05) is 23.8 Å². The Morgan fingerprint density at radius 1 is 1.04 bits per heavy atom. The topological polar surface area (TPSA) is 73.9 Å². The SMILES string of the molecule is FC(F)c1nnc(-c2ccc(COc3ccc4cccnc4c3)nc2)o1. The summed E-state index contributed by atoms with van der Waals surface area (Å²) in [5.41, 5.74) is 1.98. The Morgan fingerprint density at radius 3 is 2.73 bits per heavy atom. The van der Waals surface area contributed by atoms with Gasteiger partial charge in [0.15, 0.2) is 0 Å². The summed E-state index contributed by atoms with van der Waals surface area (Å²) in [5.74, 6) is -0.0289. The lowest BCUT2D eigenvalue weighted by Gasteiger charge is -2.07. The van der Waals surface area contributed by atoms with E-state index >= 15 is 0 Å². The van der Waals surface area contributed by atoms with E-state index in [0.29, 0.717) is 17.0 Å². The lowest BCUT2D eigenvalue weighted by molar-refractivity contribution is 0.116. The maximum Gasteiger partial charge on any atom is 0.314 e. The van der Waals surface area contributed by atoms with Crippen LogP contribution in [0.2, 0.25) is 0 Å². The van der Waals surface area contributed by atoms with E-state index in [1.54, 1.807) is 18.3 Å². The Hall–Kier alpha value is -3.42. The summed E-state index contributed by atoms with van der Waals surface area (Å²) in [6.07, 6.45) is 0.403. The Bertz CT molecular complexity index is 1030. The molecule has 3 aromatic heterocycles. The summed E-state index contributed by atoms with van der Waals surface area (Å²) in [4.78, 5) is 8.51. The van der Waals surface area contributed by atoms with E-state index in [0.717, 1.165) is 10.9 Å². The Balaban J connectivity index is 1.44. The summed E-state index contributed by atoms with van der Waals surface area (Å²) < 4.78 is 35.6. The van der Waals surface area contributed by atoms with Gasteiger partial charge in [-0.1, -0.05) is 6.07 Å². The van der Waals surface area contributed by atoms with Crippen molar-refractivity contribution in [3.05, 3.63) is 66.4 Å². The third-order valence-corrected chi connectivity index (χ3v) is 3.66. The van der Waals surface area contributed by atoms with Gasteiger partial charge in [-0.2, -0.15) is 8.78 Å². The lowest BCUT2D eigenvalue weighted by Crippen LogP contribution is -1.98. The molecule has 4 rings (SSSR count). The van der Waals surface area contributed by atoms with Gasteiger partial charge in [0.1, 0.15) is 12.4 Å². The highest BCUT2D eigenvalue weighted by Gasteiger charge is 2.17. The Kier molecular flexibility index (Phi) is 4.22. The lowest BCUT2D eigenvalue weighted by atomic mass is 10.2.